The van der Waals surface area contributed by atoms with Gasteiger partial charge in [-0.3, -0.25) is 0 Å². The van der Waals surface area contributed by atoms with E-state index in [1.165, 1.54) is 10.9 Å². The normalized spacial score (nSPS) is 28.9. The Kier molecular flexibility index (Phi) is 6.91. The molecular weight excluding hydrogens is 367 g/mol. The van der Waals surface area contributed by atoms with Crippen LogP contribution in [0.4, 0.5) is 0 Å². The molecule has 1 aliphatic carbocycles. The molecule has 0 N–H and O–H groups in total. The van der Waals surface area contributed by atoms with Crippen molar-refractivity contribution in [1.82, 2.24) is 0 Å². The molecule has 0 aromatic heterocycles. The zero-order chi connectivity index (χ0) is 16.8. The second kappa shape index (κ2) is 9.14. The Bertz CT molecular complexity index is 513. The van der Waals surface area contributed by atoms with Crippen LogP contribution in [0, 0.1) is 11.8 Å². The van der Waals surface area contributed by atoms with E-state index in [1.807, 2.05) is 0 Å². The molecule has 3 rings (SSSR count). The molecule has 1 saturated heterocycles. The number of ether oxygens (including phenoxy) is 2. The Morgan fingerprint density at radius 1 is 1.12 bits per heavy atom. The molecule has 3 atom stereocenters. The van der Waals surface area contributed by atoms with Crippen molar-refractivity contribution < 1.29 is 14.3 Å². The molecule has 0 radical (unpaired) electrons. The van der Waals surface area contributed by atoms with Crippen LogP contribution in [0.3, 0.4) is 0 Å². The predicted octanol–water partition coefficient (Wildman–Crippen LogP) is 3.35. The van der Waals surface area contributed by atoms with Crippen molar-refractivity contribution in [2.45, 2.75) is 56.6 Å². The van der Waals surface area contributed by atoms with E-state index in [0.29, 0.717) is 31.5 Å². The summed E-state index contributed by atoms with van der Waals surface area (Å²) >= 11 is 0.393. The van der Waals surface area contributed by atoms with Crippen molar-refractivity contribution in [1.29, 1.82) is 0 Å². The van der Waals surface area contributed by atoms with Gasteiger partial charge in [0.1, 0.15) is 0 Å². The fourth-order valence-electron chi connectivity index (χ4n) is 3.61. The van der Waals surface area contributed by atoms with Gasteiger partial charge >= 0.3 is 151 Å². The zero-order valence-electron chi connectivity index (χ0n) is 14.5. The summed E-state index contributed by atoms with van der Waals surface area (Å²) < 4.78 is 12.7. The van der Waals surface area contributed by atoms with E-state index in [0.717, 1.165) is 45.3 Å². The first kappa shape index (κ1) is 18.1. The molecule has 4 heteroatoms. The molecule has 1 heterocycles. The van der Waals surface area contributed by atoms with E-state index in [2.05, 4.69) is 37.3 Å². The Morgan fingerprint density at radius 2 is 1.88 bits per heavy atom. The number of ketones is 1. The van der Waals surface area contributed by atoms with E-state index >= 15 is 0 Å². The third-order valence-corrected chi connectivity index (χ3v) is 8.14. The number of Topliss-reactive ketones (excluding diaryl/α,β-unsaturated/α-hetero) is 1. The van der Waals surface area contributed by atoms with Gasteiger partial charge in [-0.2, -0.15) is 0 Å². The van der Waals surface area contributed by atoms with Crippen molar-refractivity contribution in [2.75, 3.05) is 13.2 Å². The molecule has 0 spiro atoms. The Morgan fingerprint density at radius 3 is 2.62 bits per heavy atom. The average Bonchev–Trinajstić information content (AvgIpc) is 2.61. The van der Waals surface area contributed by atoms with Gasteiger partial charge < -0.3 is 0 Å². The van der Waals surface area contributed by atoms with Gasteiger partial charge in [0, 0.05) is 0 Å². The summed E-state index contributed by atoms with van der Waals surface area (Å²) in [6.07, 6.45) is 6.17. The maximum atomic E-state index is 12.4. The van der Waals surface area contributed by atoms with Gasteiger partial charge in [-0.1, -0.05) is 0 Å². The number of hydrogen-bond donors (Lipinski definition) is 0. The van der Waals surface area contributed by atoms with Crippen molar-refractivity contribution in [2.24, 2.45) is 11.8 Å². The van der Waals surface area contributed by atoms with Gasteiger partial charge in [0.15, 0.2) is 0 Å². The van der Waals surface area contributed by atoms with Gasteiger partial charge in [-0.15, -0.1) is 0 Å². The van der Waals surface area contributed by atoms with E-state index in [9.17, 15) is 4.79 Å². The van der Waals surface area contributed by atoms with Crippen LogP contribution in [0.2, 0.25) is 4.82 Å². The van der Waals surface area contributed by atoms with Crippen molar-refractivity contribution >= 4 is 25.2 Å². The van der Waals surface area contributed by atoms with E-state index < -0.39 is 0 Å². The number of rotatable bonds is 6. The summed E-state index contributed by atoms with van der Waals surface area (Å²) in [6.45, 7) is 3.79. The summed E-state index contributed by atoms with van der Waals surface area (Å²) in [6, 6.07) is 10.7. The molecule has 1 aromatic rings. The van der Waals surface area contributed by atoms with Crippen LogP contribution in [0.5, 0.6) is 0 Å². The summed E-state index contributed by atoms with van der Waals surface area (Å²) in [5.41, 5.74) is 0. The molecule has 132 valence electrons. The summed E-state index contributed by atoms with van der Waals surface area (Å²) in [7, 11) is 0. The zero-order valence-corrected chi connectivity index (χ0v) is 16.2. The van der Waals surface area contributed by atoms with Gasteiger partial charge in [0.05, 0.1) is 0 Å². The Hall–Kier alpha value is -0.671. The molecule has 1 saturated carbocycles. The van der Waals surface area contributed by atoms with Crippen molar-refractivity contribution in [3.05, 3.63) is 30.3 Å². The van der Waals surface area contributed by atoms with E-state index in [1.54, 1.807) is 0 Å². The summed E-state index contributed by atoms with van der Waals surface area (Å²) in [4.78, 5) is 13.0. The number of carbonyl (C=O) groups is 1. The van der Waals surface area contributed by atoms with Gasteiger partial charge in [0.25, 0.3) is 0 Å². The van der Waals surface area contributed by atoms with Crippen molar-refractivity contribution in [3.63, 3.8) is 0 Å². The molecule has 3 nitrogen and oxygen atoms in total. The fraction of sp³-hybridized carbons (Fsp3) is 0.650. The molecule has 2 fully saturated rings. The SMILES string of the molecule is CC1C(=O)CC(CCCC2OCCCO2)CC1[Se]c1ccccc1. The van der Waals surface area contributed by atoms with Crippen LogP contribution in [0.15, 0.2) is 30.3 Å². The third kappa shape index (κ3) is 5.16. The molecule has 1 aromatic carbocycles. The summed E-state index contributed by atoms with van der Waals surface area (Å²) in [5, 5.41) is 0. The minimum absolute atomic E-state index is 0.0127. The fourth-order valence-corrected chi connectivity index (χ4v) is 6.53. The standard InChI is InChI=1S/C20H28O3Se/c1-15-18(21)13-16(7-5-10-20-22-11-6-12-23-20)14-19(15)24-17-8-3-2-4-9-17/h2-4,8-9,15-16,19-20H,5-7,10-14H2,1H3. The van der Waals surface area contributed by atoms with Crippen LogP contribution in [-0.4, -0.2) is 40.2 Å². The average molecular weight is 395 g/mol. The minimum atomic E-state index is -0.0127. The van der Waals surface area contributed by atoms with Gasteiger partial charge in [-0.25, -0.2) is 0 Å². The molecule has 1 aliphatic heterocycles. The van der Waals surface area contributed by atoms with Crippen LogP contribution >= 0.6 is 0 Å². The number of hydrogen-bond acceptors (Lipinski definition) is 3. The molecule has 0 amide bonds. The molecule has 0 bridgehead atoms. The van der Waals surface area contributed by atoms with E-state index in [-0.39, 0.29) is 12.2 Å². The van der Waals surface area contributed by atoms with Crippen LogP contribution in [0.25, 0.3) is 0 Å². The van der Waals surface area contributed by atoms with Crippen LogP contribution < -0.4 is 4.46 Å². The Balaban J connectivity index is 1.48. The topological polar surface area (TPSA) is 35.5 Å². The van der Waals surface area contributed by atoms with Gasteiger partial charge in [0.2, 0.25) is 0 Å². The predicted molar refractivity (Wildman–Crippen MR) is 96.6 cm³/mol. The molecule has 3 unspecified atom stereocenters. The quantitative estimate of drug-likeness (QED) is 0.693. The number of benzene rings is 1. The maximum absolute atomic E-state index is 12.4. The second-order valence-electron chi connectivity index (χ2n) is 6.99. The third-order valence-electron chi connectivity index (χ3n) is 5.10. The second-order valence-corrected chi connectivity index (χ2v) is 9.74. The Labute approximate surface area is 151 Å². The van der Waals surface area contributed by atoms with Crippen molar-refractivity contribution in [3.8, 4) is 0 Å². The molecule has 24 heavy (non-hydrogen) atoms. The molecular formula is C20H28O3Se. The van der Waals surface area contributed by atoms with Crippen LogP contribution in [0.1, 0.15) is 45.4 Å². The monoisotopic (exact) mass is 396 g/mol. The first-order valence-corrected chi connectivity index (χ1v) is 11.0. The van der Waals surface area contributed by atoms with Crippen LogP contribution in [-0.2, 0) is 14.3 Å². The summed E-state index contributed by atoms with van der Waals surface area (Å²) in [5.74, 6) is 1.25. The van der Waals surface area contributed by atoms with Gasteiger partial charge in [-0.05, 0) is 0 Å². The number of carbonyl (C=O) groups excluding carboxylic acids is 1. The first-order valence-electron chi connectivity index (χ1n) is 9.20. The first-order chi connectivity index (χ1) is 11.7. The molecule has 2 aliphatic rings. The van der Waals surface area contributed by atoms with E-state index in [4.69, 9.17) is 9.47 Å².